The predicted molar refractivity (Wildman–Crippen MR) is 103 cm³/mol. The van der Waals surface area contributed by atoms with Gasteiger partial charge in [-0.25, -0.2) is 8.42 Å². The van der Waals surface area contributed by atoms with Gasteiger partial charge in [0.1, 0.15) is 0 Å². The number of allylic oxidation sites excluding steroid dienone is 2. The third-order valence-corrected chi connectivity index (χ3v) is 5.70. The van der Waals surface area contributed by atoms with Gasteiger partial charge in [-0.1, -0.05) is 18.2 Å². The van der Waals surface area contributed by atoms with E-state index in [1.165, 1.54) is 0 Å². The summed E-state index contributed by atoms with van der Waals surface area (Å²) in [7, 11) is -3.26. The number of carboxylic acid groups (broad SMARTS) is 1. The SMILES string of the molecule is CC1=C(CC(=O)O)c2cc(C#N)ccc2C1=Cc1ccc(S(C)(=O)=O)cc1. The molecule has 1 N–H and O–H groups in total. The maximum absolute atomic E-state index is 11.6. The van der Waals surface area contributed by atoms with Crippen LogP contribution in [0.3, 0.4) is 0 Å². The van der Waals surface area contributed by atoms with Crippen LogP contribution in [0, 0.1) is 11.3 Å². The second-order valence-corrected chi connectivity index (χ2v) is 8.46. The van der Waals surface area contributed by atoms with E-state index in [0.29, 0.717) is 11.1 Å². The Bertz CT molecular complexity index is 1150. The number of hydrogen-bond acceptors (Lipinski definition) is 4. The quantitative estimate of drug-likeness (QED) is 0.872. The zero-order valence-electron chi connectivity index (χ0n) is 14.9. The largest absolute Gasteiger partial charge is 0.481 e. The number of aliphatic carboxylic acids is 1. The second-order valence-electron chi connectivity index (χ2n) is 6.45. The van der Waals surface area contributed by atoms with Crippen LogP contribution in [0.5, 0.6) is 0 Å². The molecule has 27 heavy (non-hydrogen) atoms. The van der Waals surface area contributed by atoms with Crippen molar-refractivity contribution in [3.05, 3.63) is 70.3 Å². The normalized spacial score (nSPS) is 14.9. The number of hydrogen-bond donors (Lipinski definition) is 1. The van der Waals surface area contributed by atoms with Crippen LogP contribution in [0.4, 0.5) is 0 Å². The molecule has 0 fully saturated rings. The molecule has 1 aliphatic carbocycles. The van der Waals surface area contributed by atoms with Crippen molar-refractivity contribution in [3.63, 3.8) is 0 Å². The molecule has 2 aromatic rings. The average Bonchev–Trinajstić information content (AvgIpc) is 2.86. The number of nitrogens with zero attached hydrogens (tertiary/aromatic N) is 1. The molecular weight excluding hydrogens is 362 g/mol. The Hall–Kier alpha value is -3.17. The third kappa shape index (κ3) is 3.69. The van der Waals surface area contributed by atoms with Crippen LogP contribution >= 0.6 is 0 Å². The maximum Gasteiger partial charge on any atom is 0.307 e. The molecule has 3 rings (SSSR count). The lowest BCUT2D eigenvalue weighted by atomic mass is 9.99. The number of carbonyl (C=O) groups is 1. The number of nitriles is 1. The molecule has 0 heterocycles. The van der Waals surface area contributed by atoms with Crippen LogP contribution in [0.15, 0.2) is 52.9 Å². The van der Waals surface area contributed by atoms with E-state index in [1.54, 1.807) is 36.4 Å². The Morgan fingerprint density at radius 1 is 1.15 bits per heavy atom. The highest BCUT2D eigenvalue weighted by Crippen LogP contribution is 2.43. The molecule has 6 heteroatoms. The standard InChI is InChI=1S/C21H17NO4S/c1-13-18(9-14-3-6-16(7-4-14)27(2,25)26)17-8-5-15(12-22)10-20(17)19(13)11-21(23)24/h3-10H,11H2,1-2H3,(H,23,24). The molecule has 0 atom stereocenters. The van der Waals surface area contributed by atoms with Crippen LogP contribution in [0.2, 0.25) is 0 Å². The molecule has 2 aromatic carbocycles. The topological polar surface area (TPSA) is 95.2 Å². The summed E-state index contributed by atoms with van der Waals surface area (Å²) in [5.41, 5.74) is 5.32. The van der Waals surface area contributed by atoms with Crippen molar-refractivity contribution in [3.8, 4) is 6.07 Å². The summed E-state index contributed by atoms with van der Waals surface area (Å²) in [4.78, 5) is 11.5. The van der Waals surface area contributed by atoms with Gasteiger partial charge in [0.25, 0.3) is 0 Å². The predicted octanol–water partition coefficient (Wildman–Crippen LogP) is 3.76. The van der Waals surface area contributed by atoms with Crippen LogP contribution < -0.4 is 0 Å². The minimum atomic E-state index is -3.26. The van der Waals surface area contributed by atoms with E-state index in [9.17, 15) is 18.3 Å². The van der Waals surface area contributed by atoms with Crippen molar-refractivity contribution < 1.29 is 18.3 Å². The van der Waals surface area contributed by atoms with Crippen molar-refractivity contribution in [1.82, 2.24) is 0 Å². The highest BCUT2D eigenvalue weighted by Gasteiger charge is 2.25. The van der Waals surface area contributed by atoms with Gasteiger partial charge in [0, 0.05) is 6.26 Å². The molecule has 5 nitrogen and oxygen atoms in total. The van der Waals surface area contributed by atoms with Gasteiger partial charge in [-0.3, -0.25) is 4.79 Å². The van der Waals surface area contributed by atoms with E-state index in [-0.39, 0.29) is 11.3 Å². The van der Waals surface area contributed by atoms with E-state index < -0.39 is 15.8 Å². The summed E-state index contributed by atoms with van der Waals surface area (Å²) < 4.78 is 23.2. The monoisotopic (exact) mass is 379 g/mol. The second kappa shape index (κ2) is 6.86. The fourth-order valence-corrected chi connectivity index (χ4v) is 3.84. The highest BCUT2D eigenvalue weighted by atomic mass is 32.2. The summed E-state index contributed by atoms with van der Waals surface area (Å²) in [6.45, 7) is 1.86. The van der Waals surface area contributed by atoms with Gasteiger partial charge in [0.05, 0.1) is 22.9 Å². The van der Waals surface area contributed by atoms with Gasteiger partial charge < -0.3 is 5.11 Å². The first-order valence-electron chi connectivity index (χ1n) is 8.19. The molecule has 0 bridgehead atoms. The Morgan fingerprint density at radius 3 is 2.37 bits per heavy atom. The Kier molecular flexibility index (Phi) is 4.73. The van der Waals surface area contributed by atoms with Gasteiger partial charge in [-0.05, 0) is 70.7 Å². The zero-order chi connectivity index (χ0) is 19.8. The van der Waals surface area contributed by atoms with E-state index in [0.717, 1.165) is 34.1 Å². The first-order valence-corrected chi connectivity index (χ1v) is 10.1. The van der Waals surface area contributed by atoms with E-state index in [2.05, 4.69) is 6.07 Å². The Labute approximate surface area is 157 Å². The van der Waals surface area contributed by atoms with Crippen LogP contribution in [0.25, 0.3) is 17.2 Å². The molecule has 0 saturated carbocycles. The number of fused-ring (bicyclic) bond motifs is 1. The summed E-state index contributed by atoms with van der Waals surface area (Å²) in [5.74, 6) is -0.934. The van der Waals surface area contributed by atoms with Crippen LogP contribution in [-0.4, -0.2) is 25.7 Å². The van der Waals surface area contributed by atoms with Crippen molar-refractivity contribution in [1.29, 1.82) is 5.26 Å². The van der Waals surface area contributed by atoms with Gasteiger partial charge in [-0.2, -0.15) is 5.26 Å². The number of benzene rings is 2. The molecule has 0 unspecified atom stereocenters. The summed E-state index contributed by atoms with van der Waals surface area (Å²) >= 11 is 0. The molecule has 0 amide bonds. The lowest BCUT2D eigenvalue weighted by Crippen LogP contribution is -1.97. The molecule has 0 aromatic heterocycles. The first kappa shape index (κ1) is 18.6. The zero-order valence-corrected chi connectivity index (χ0v) is 15.7. The molecule has 0 saturated heterocycles. The smallest absolute Gasteiger partial charge is 0.307 e. The van der Waals surface area contributed by atoms with E-state index in [1.807, 2.05) is 19.1 Å². The molecule has 0 spiro atoms. The number of rotatable bonds is 4. The van der Waals surface area contributed by atoms with Crippen LogP contribution in [0.1, 0.15) is 35.6 Å². The number of carboxylic acids is 1. The minimum Gasteiger partial charge on any atom is -0.481 e. The first-order chi connectivity index (χ1) is 12.7. The van der Waals surface area contributed by atoms with E-state index in [4.69, 9.17) is 5.26 Å². The molecule has 136 valence electrons. The molecule has 0 radical (unpaired) electrons. The van der Waals surface area contributed by atoms with E-state index >= 15 is 0 Å². The molecule has 0 aliphatic heterocycles. The van der Waals surface area contributed by atoms with Gasteiger partial charge >= 0.3 is 5.97 Å². The molecule has 1 aliphatic rings. The van der Waals surface area contributed by atoms with Gasteiger partial charge in [0.2, 0.25) is 0 Å². The summed E-state index contributed by atoms with van der Waals surface area (Å²) in [6, 6.07) is 13.9. The van der Waals surface area contributed by atoms with Gasteiger partial charge in [0.15, 0.2) is 9.84 Å². The maximum atomic E-state index is 11.6. The Balaban J connectivity index is 2.13. The van der Waals surface area contributed by atoms with Crippen molar-refractivity contribution >= 4 is 33.0 Å². The fourth-order valence-electron chi connectivity index (χ4n) is 3.21. The van der Waals surface area contributed by atoms with Crippen molar-refractivity contribution in [2.75, 3.05) is 6.26 Å². The average molecular weight is 379 g/mol. The lowest BCUT2D eigenvalue weighted by molar-refractivity contribution is -0.135. The fraction of sp³-hybridized carbons (Fsp3) is 0.143. The summed E-state index contributed by atoms with van der Waals surface area (Å²) in [6.07, 6.45) is 2.94. The lowest BCUT2D eigenvalue weighted by Gasteiger charge is -2.05. The van der Waals surface area contributed by atoms with Gasteiger partial charge in [-0.15, -0.1) is 0 Å². The highest BCUT2D eigenvalue weighted by molar-refractivity contribution is 7.90. The van der Waals surface area contributed by atoms with Crippen LogP contribution in [-0.2, 0) is 14.6 Å². The third-order valence-electron chi connectivity index (χ3n) is 4.57. The Morgan fingerprint density at radius 2 is 1.81 bits per heavy atom. The minimum absolute atomic E-state index is 0.127. The summed E-state index contributed by atoms with van der Waals surface area (Å²) in [5, 5.41) is 18.4. The van der Waals surface area contributed by atoms with Crippen molar-refractivity contribution in [2.24, 2.45) is 0 Å². The molecular formula is C21H17NO4S. The van der Waals surface area contributed by atoms with Crippen molar-refractivity contribution in [2.45, 2.75) is 18.2 Å². The number of sulfone groups is 1.